The molecule has 1 aliphatic heterocycles. The zero-order chi connectivity index (χ0) is 14.8. The molecule has 1 heterocycles. The number of anilines is 1. The van der Waals surface area contributed by atoms with Gasteiger partial charge in [0.2, 0.25) is 5.91 Å². The molecule has 0 radical (unpaired) electrons. The smallest absolute Gasteiger partial charge is 0.224 e. The Kier molecular flexibility index (Phi) is 3.64. The normalized spacial score (nSPS) is 13.2. The second-order valence-corrected chi connectivity index (χ2v) is 5.45. The number of hydrogen-bond donors (Lipinski definition) is 1. The van der Waals surface area contributed by atoms with E-state index in [-0.39, 0.29) is 5.91 Å². The fourth-order valence-corrected chi connectivity index (χ4v) is 2.93. The summed E-state index contributed by atoms with van der Waals surface area (Å²) in [7, 11) is 0. The molecule has 1 amide bonds. The van der Waals surface area contributed by atoms with E-state index in [4.69, 9.17) is 11.6 Å². The molecule has 1 aliphatic rings. The number of carbonyl (C=O) groups is 1. The number of rotatable bonds is 2. The van der Waals surface area contributed by atoms with Gasteiger partial charge in [0.15, 0.2) is 0 Å². The number of halogens is 1. The molecule has 2 aromatic rings. The lowest BCUT2D eigenvalue weighted by atomic mass is 9.92. The topological polar surface area (TPSA) is 52.9 Å². The lowest BCUT2D eigenvalue weighted by Crippen LogP contribution is -2.20. The summed E-state index contributed by atoms with van der Waals surface area (Å²) in [5.74, 6) is 0.0354. The van der Waals surface area contributed by atoms with Gasteiger partial charge in [0.1, 0.15) is 0 Å². The molecule has 0 bridgehead atoms. The van der Waals surface area contributed by atoms with E-state index in [9.17, 15) is 10.1 Å². The Hall–Kier alpha value is -2.31. The van der Waals surface area contributed by atoms with E-state index in [1.807, 2.05) is 24.3 Å². The van der Waals surface area contributed by atoms with Crippen LogP contribution in [0, 0.1) is 11.3 Å². The van der Waals surface area contributed by atoms with Gasteiger partial charge in [-0.3, -0.25) is 4.79 Å². The summed E-state index contributed by atoms with van der Waals surface area (Å²) in [6.45, 7) is 0. The van der Waals surface area contributed by atoms with Crippen LogP contribution in [0.5, 0.6) is 0 Å². The number of benzene rings is 2. The molecular formula is C17H13ClN2O. The minimum absolute atomic E-state index is 0.0354. The van der Waals surface area contributed by atoms with Crippen molar-refractivity contribution in [2.45, 2.75) is 19.3 Å². The summed E-state index contributed by atoms with van der Waals surface area (Å²) in [5.41, 5.74) is 4.52. The molecule has 0 aromatic heterocycles. The third-order valence-corrected chi connectivity index (χ3v) is 4.11. The largest absolute Gasteiger partial charge is 0.326 e. The monoisotopic (exact) mass is 296 g/mol. The van der Waals surface area contributed by atoms with Crippen LogP contribution < -0.4 is 5.32 Å². The van der Waals surface area contributed by atoms with Crippen LogP contribution in [0.3, 0.4) is 0 Å². The SMILES string of the molecule is N#Cc1ccccc1Cc1c(Cl)ccc2c1CCC(=O)N2. The molecule has 0 aliphatic carbocycles. The van der Waals surface area contributed by atoms with E-state index < -0.39 is 0 Å². The second-order valence-electron chi connectivity index (χ2n) is 5.05. The zero-order valence-electron chi connectivity index (χ0n) is 11.3. The fraction of sp³-hybridized carbons (Fsp3) is 0.176. The van der Waals surface area contributed by atoms with Crippen LogP contribution in [0.25, 0.3) is 0 Å². The van der Waals surface area contributed by atoms with E-state index in [0.29, 0.717) is 29.8 Å². The maximum atomic E-state index is 11.5. The molecule has 3 nitrogen and oxygen atoms in total. The first-order chi connectivity index (χ1) is 10.2. The highest BCUT2D eigenvalue weighted by molar-refractivity contribution is 6.31. The Morgan fingerprint density at radius 2 is 2.00 bits per heavy atom. The zero-order valence-corrected chi connectivity index (χ0v) is 12.1. The number of nitrogens with one attached hydrogen (secondary N) is 1. The molecule has 1 N–H and O–H groups in total. The van der Waals surface area contributed by atoms with Crippen molar-refractivity contribution >= 4 is 23.2 Å². The van der Waals surface area contributed by atoms with Crippen molar-refractivity contribution in [3.05, 3.63) is 63.7 Å². The molecule has 4 heteroatoms. The maximum absolute atomic E-state index is 11.5. The summed E-state index contributed by atoms with van der Waals surface area (Å²) >= 11 is 6.35. The number of nitriles is 1. The molecule has 21 heavy (non-hydrogen) atoms. The Bertz CT molecular complexity index is 762. The number of amides is 1. The highest BCUT2D eigenvalue weighted by Gasteiger charge is 2.20. The van der Waals surface area contributed by atoms with E-state index in [2.05, 4.69) is 11.4 Å². The van der Waals surface area contributed by atoms with Gasteiger partial charge in [-0.15, -0.1) is 0 Å². The highest BCUT2D eigenvalue weighted by atomic mass is 35.5. The van der Waals surface area contributed by atoms with Crippen molar-refractivity contribution < 1.29 is 4.79 Å². The Morgan fingerprint density at radius 3 is 2.81 bits per heavy atom. The van der Waals surface area contributed by atoms with Gasteiger partial charge in [-0.05, 0) is 41.3 Å². The van der Waals surface area contributed by atoms with Crippen LogP contribution in [-0.2, 0) is 17.6 Å². The first-order valence-corrected chi connectivity index (χ1v) is 7.15. The molecule has 0 fully saturated rings. The van der Waals surface area contributed by atoms with Crippen LogP contribution >= 0.6 is 11.6 Å². The number of fused-ring (bicyclic) bond motifs is 1. The van der Waals surface area contributed by atoms with Crippen LogP contribution in [-0.4, -0.2) is 5.91 Å². The molecule has 0 saturated heterocycles. The predicted octanol–water partition coefficient (Wildman–Crippen LogP) is 3.69. The van der Waals surface area contributed by atoms with Gasteiger partial charge in [0.05, 0.1) is 11.6 Å². The number of carbonyl (C=O) groups excluding carboxylic acids is 1. The lowest BCUT2D eigenvalue weighted by Gasteiger charge is -2.21. The van der Waals surface area contributed by atoms with Crippen molar-refractivity contribution in [1.29, 1.82) is 5.26 Å². The Labute approximate surface area is 128 Å². The minimum atomic E-state index is 0.0354. The van der Waals surface area contributed by atoms with Crippen LogP contribution in [0.15, 0.2) is 36.4 Å². The lowest BCUT2D eigenvalue weighted by molar-refractivity contribution is -0.116. The predicted molar refractivity (Wildman–Crippen MR) is 82.4 cm³/mol. The molecule has 0 saturated carbocycles. The van der Waals surface area contributed by atoms with Gasteiger partial charge < -0.3 is 5.32 Å². The minimum Gasteiger partial charge on any atom is -0.326 e. The summed E-state index contributed by atoms with van der Waals surface area (Å²) in [5, 5.41) is 12.8. The second kappa shape index (κ2) is 5.59. The van der Waals surface area contributed by atoms with Crippen LogP contribution in [0.4, 0.5) is 5.69 Å². The number of nitrogens with zero attached hydrogens (tertiary/aromatic N) is 1. The average molecular weight is 297 g/mol. The highest BCUT2D eigenvalue weighted by Crippen LogP contribution is 2.33. The van der Waals surface area contributed by atoms with E-state index in [1.54, 1.807) is 12.1 Å². The van der Waals surface area contributed by atoms with Gasteiger partial charge in [-0.1, -0.05) is 29.8 Å². The Morgan fingerprint density at radius 1 is 1.19 bits per heavy atom. The fourth-order valence-electron chi connectivity index (χ4n) is 2.68. The van der Waals surface area contributed by atoms with E-state index in [0.717, 1.165) is 22.4 Å². The van der Waals surface area contributed by atoms with E-state index >= 15 is 0 Å². The third-order valence-electron chi connectivity index (χ3n) is 3.76. The quantitative estimate of drug-likeness (QED) is 0.919. The average Bonchev–Trinajstić information content (AvgIpc) is 2.50. The van der Waals surface area contributed by atoms with Crippen molar-refractivity contribution in [3.63, 3.8) is 0 Å². The molecule has 104 valence electrons. The Balaban J connectivity index is 2.05. The maximum Gasteiger partial charge on any atom is 0.224 e. The van der Waals surface area contributed by atoms with Gasteiger partial charge >= 0.3 is 0 Å². The standard InChI is InChI=1S/C17H13ClN2O/c18-15-6-7-16-13(5-8-17(21)20-16)14(15)9-11-3-1-2-4-12(11)10-19/h1-4,6-7H,5,8-9H2,(H,20,21). The third kappa shape index (κ3) is 2.63. The molecule has 3 rings (SSSR count). The summed E-state index contributed by atoms with van der Waals surface area (Å²) in [6, 6.07) is 13.4. The van der Waals surface area contributed by atoms with Crippen LogP contribution in [0.2, 0.25) is 5.02 Å². The van der Waals surface area contributed by atoms with E-state index in [1.165, 1.54) is 0 Å². The molecular weight excluding hydrogens is 284 g/mol. The first-order valence-electron chi connectivity index (χ1n) is 6.77. The molecule has 0 atom stereocenters. The summed E-state index contributed by atoms with van der Waals surface area (Å²) in [4.78, 5) is 11.5. The van der Waals surface area contributed by atoms with Crippen molar-refractivity contribution in [2.24, 2.45) is 0 Å². The molecule has 0 spiro atoms. The van der Waals surface area contributed by atoms with Crippen molar-refractivity contribution in [1.82, 2.24) is 0 Å². The first kappa shape index (κ1) is 13.7. The molecule has 0 unspecified atom stereocenters. The van der Waals surface area contributed by atoms with Crippen molar-refractivity contribution in [2.75, 3.05) is 5.32 Å². The molecule has 2 aromatic carbocycles. The van der Waals surface area contributed by atoms with Crippen LogP contribution in [0.1, 0.15) is 28.7 Å². The number of hydrogen-bond acceptors (Lipinski definition) is 2. The summed E-state index contributed by atoms with van der Waals surface area (Å²) in [6.07, 6.45) is 1.76. The summed E-state index contributed by atoms with van der Waals surface area (Å²) < 4.78 is 0. The van der Waals surface area contributed by atoms with Crippen molar-refractivity contribution in [3.8, 4) is 6.07 Å². The van der Waals surface area contributed by atoms with Gasteiger partial charge in [-0.2, -0.15) is 5.26 Å². The van der Waals surface area contributed by atoms with Gasteiger partial charge in [0.25, 0.3) is 0 Å². The van der Waals surface area contributed by atoms with Gasteiger partial charge in [-0.25, -0.2) is 0 Å². The van der Waals surface area contributed by atoms with Gasteiger partial charge in [0, 0.05) is 23.6 Å².